The van der Waals surface area contributed by atoms with Gasteiger partial charge in [-0.2, -0.15) is 0 Å². The first kappa shape index (κ1) is 13.6. The molecule has 0 spiro atoms. The number of amides is 1. The number of hydrogen-bond donors (Lipinski definition) is 1. The predicted octanol–water partition coefficient (Wildman–Crippen LogP) is 2.50. The quantitative estimate of drug-likeness (QED) is 0.862. The lowest BCUT2D eigenvalue weighted by Crippen LogP contribution is -2.35. The summed E-state index contributed by atoms with van der Waals surface area (Å²) in [7, 11) is 0. The second-order valence-corrected chi connectivity index (χ2v) is 4.92. The van der Waals surface area contributed by atoms with Crippen molar-refractivity contribution in [2.24, 2.45) is 5.92 Å². The van der Waals surface area contributed by atoms with E-state index < -0.39 is 12.0 Å². The van der Waals surface area contributed by atoms with E-state index >= 15 is 0 Å². The van der Waals surface area contributed by atoms with E-state index in [9.17, 15) is 14.7 Å². The van der Waals surface area contributed by atoms with Gasteiger partial charge in [-0.25, -0.2) is 4.79 Å². The first-order valence-electron chi connectivity index (χ1n) is 5.94. The van der Waals surface area contributed by atoms with Gasteiger partial charge >= 0.3 is 5.97 Å². The molecule has 1 aliphatic rings. The van der Waals surface area contributed by atoms with Crippen LogP contribution in [0.3, 0.4) is 0 Å². The van der Waals surface area contributed by atoms with Gasteiger partial charge in [0.15, 0.2) is 6.04 Å². The van der Waals surface area contributed by atoms with E-state index in [1.807, 2.05) is 0 Å². The normalized spacial score (nSPS) is 20.4. The Kier molecular flexibility index (Phi) is 3.90. The second kappa shape index (κ2) is 5.45. The van der Waals surface area contributed by atoms with Gasteiger partial charge < -0.3 is 10.0 Å². The van der Waals surface area contributed by atoms with Gasteiger partial charge in [0.2, 0.25) is 5.91 Å². The van der Waals surface area contributed by atoms with E-state index in [0.717, 1.165) is 0 Å². The van der Waals surface area contributed by atoms with Gasteiger partial charge in [0.25, 0.3) is 0 Å². The highest BCUT2D eigenvalue weighted by molar-refractivity contribution is 6.31. The number of hydrogen-bond acceptors (Lipinski definition) is 2. The number of nitrogens with zero attached hydrogens (tertiary/aromatic N) is 1. The van der Waals surface area contributed by atoms with E-state index in [0.29, 0.717) is 23.6 Å². The number of likely N-dealkylation sites (tertiary alicyclic amines) is 1. The van der Waals surface area contributed by atoms with Crippen molar-refractivity contribution in [3.63, 3.8) is 0 Å². The third-order valence-corrected chi connectivity index (χ3v) is 3.61. The number of carbonyl (C=O) groups excluding carboxylic acids is 1. The summed E-state index contributed by atoms with van der Waals surface area (Å²) in [6.45, 7) is 4.02. The first-order valence-corrected chi connectivity index (χ1v) is 6.31. The maximum Gasteiger partial charge on any atom is 0.331 e. The minimum Gasteiger partial charge on any atom is -0.479 e. The average Bonchev–Trinajstić information content (AvgIpc) is 2.73. The summed E-state index contributed by atoms with van der Waals surface area (Å²) in [5.74, 6) is -1.26. The highest BCUT2D eigenvalue weighted by Gasteiger charge is 2.38. The number of rotatable bonds is 4. The van der Waals surface area contributed by atoms with Crippen molar-refractivity contribution in [1.82, 2.24) is 4.90 Å². The van der Waals surface area contributed by atoms with Crippen molar-refractivity contribution in [2.45, 2.75) is 12.5 Å². The van der Waals surface area contributed by atoms with Gasteiger partial charge in [-0.15, -0.1) is 6.58 Å². The van der Waals surface area contributed by atoms with Crippen LogP contribution in [0.4, 0.5) is 0 Å². The van der Waals surface area contributed by atoms with Gasteiger partial charge in [-0.3, -0.25) is 4.79 Å². The molecule has 1 saturated heterocycles. The van der Waals surface area contributed by atoms with Gasteiger partial charge in [-0.1, -0.05) is 35.9 Å². The van der Waals surface area contributed by atoms with Crippen molar-refractivity contribution in [3.8, 4) is 0 Å². The molecule has 0 bridgehead atoms. The standard InChI is InChI=1S/C14H14ClNO3/c1-2-9-7-12(17)16(8-9)13(14(18)19)10-5-3-4-6-11(10)15/h2-6,9,13H,1,7-8H2,(H,18,19)/t9?,13-/m1/s1. The highest BCUT2D eigenvalue weighted by Crippen LogP contribution is 2.32. The molecule has 19 heavy (non-hydrogen) atoms. The Hall–Kier alpha value is -1.81. The van der Waals surface area contributed by atoms with Crippen LogP contribution < -0.4 is 0 Å². The molecule has 100 valence electrons. The molecule has 1 amide bonds. The van der Waals surface area contributed by atoms with Gasteiger partial charge in [0.1, 0.15) is 0 Å². The summed E-state index contributed by atoms with van der Waals surface area (Å²) in [5, 5.41) is 9.76. The molecule has 1 aliphatic heterocycles. The first-order chi connectivity index (χ1) is 9.04. The maximum atomic E-state index is 11.9. The largest absolute Gasteiger partial charge is 0.479 e. The molecule has 0 aromatic heterocycles. The van der Waals surface area contributed by atoms with Crippen molar-refractivity contribution in [3.05, 3.63) is 47.5 Å². The Bertz CT molecular complexity index is 529. The predicted molar refractivity (Wildman–Crippen MR) is 71.8 cm³/mol. The summed E-state index contributed by atoms with van der Waals surface area (Å²) >= 11 is 6.04. The zero-order chi connectivity index (χ0) is 14.0. The number of carbonyl (C=O) groups is 2. The van der Waals surface area contributed by atoms with Crippen LogP contribution in [0.1, 0.15) is 18.0 Å². The Morgan fingerprint density at radius 1 is 1.53 bits per heavy atom. The fraction of sp³-hybridized carbons (Fsp3) is 0.286. The molecule has 4 nitrogen and oxygen atoms in total. The van der Waals surface area contributed by atoms with Crippen LogP contribution >= 0.6 is 11.6 Å². The monoisotopic (exact) mass is 279 g/mol. The van der Waals surface area contributed by atoms with Gasteiger partial charge in [0, 0.05) is 29.5 Å². The Balaban J connectivity index is 2.37. The minimum absolute atomic E-state index is 0.00293. The molecule has 0 aliphatic carbocycles. The molecule has 1 aromatic rings. The summed E-state index contributed by atoms with van der Waals surface area (Å²) in [6.07, 6.45) is 1.99. The van der Waals surface area contributed by atoms with Crippen molar-refractivity contribution in [1.29, 1.82) is 0 Å². The third kappa shape index (κ3) is 2.63. The molecule has 1 aromatic carbocycles. The average molecular weight is 280 g/mol. The molecule has 5 heteroatoms. The zero-order valence-electron chi connectivity index (χ0n) is 10.3. The summed E-state index contributed by atoms with van der Waals surface area (Å²) in [6, 6.07) is 5.66. The third-order valence-electron chi connectivity index (χ3n) is 3.27. The molecule has 2 rings (SSSR count). The van der Waals surface area contributed by atoms with Gasteiger partial charge in [0.05, 0.1) is 0 Å². The van der Waals surface area contributed by atoms with E-state index in [2.05, 4.69) is 6.58 Å². The number of aliphatic carboxylic acids is 1. The summed E-state index contributed by atoms with van der Waals surface area (Å²) < 4.78 is 0. The smallest absolute Gasteiger partial charge is 0.331 e. The molecule has 1 unspecified atom stereocenters. The number of carboxylic acids is 1. The maximum absolute atomic E-state index is 11.9. The Labute approximate surface area is 116 Å². The van der Waals surface area contributed by atoms with Crippen LogP contribution in [0.25, 0.3) is 0 Å². The molecule has 1 N–H and O–H groups in total. The molecule has 0 saturated carbocycles. The highest BCUT2D eigenvalue weighted by atomic mass is 35.5. The van der Waals surface area contributed by atoms with Crippen LogP contribution in [0.15, 0.2) is 36.9 Å². The van der Waals surface area contributed by atoms with Crippen molar-refractivity contribution >= 4 is 23.5 Å². The minimum atomic E-state index is -1.08. The SMILES string of the molecule is C=CC1CC(=O)N([C@@H](C(=O)O)c2ccccc2Cl)C1. The number of benzene rings is 1. The Morgan fingerprint density at radius 2 is 2.21 bits per heavy atom. The number of carboxylic acid groups (broad SMARTS) is 1. The van der Waals surface area contributed by atoms with E-state index in [4.69, 9.17) is 11.6 Å². The molecular formula is C14H14ClNO3. The van der Waals surface area contributed by atoms with Gasteiger partial charge in [-0.05, 0) is 6.07 Å². The van der Waals surface area contributed by atoms with Crippen LogP contribution in [0.5, 0.6) is 0 Å². The Morgan fingerprint density at radius 3 is 2.74 bits per heavy atom. The fourth-order valence-corrected chi connectivity index (χ4v) is 2.54. The lowest BCUT2D eigenvalue weighted by molar-refractivity contribution is -0.148. The van der Waals surface area contributed by atoms with Crippen molar-refractivity contribution in [2.75, 3.05) is 6.54 Å². The lowest BCUT2D eigenvalue weighted by atomic mass is 10.1. The van der Waals surface area contributed by atoms with E-state index in [1.165, 1.54) is 4.90 Å². The van der Waals surface area contributed by atoms with Crippen LogP contribution in [0, 0.1) is 5.92 Å². The second-order valence-electron chi connectivity index (χ2n) is 4.51. The fourth-order valence-electron chi connectivity index (χ4n) is 2.30. The van der Waals surface area contributed by atoms with Crippen LogP contribution in [0.2, 0.25) is 5.02 Å². The summed E-state index contributed by atoms with van der Waals surface area (Å²) in [4.78, 5) is 24.8. The number of halogens is 1. The molecule has 1 fully saturated rings. The molecule has 2 atom stereocenters. The van der Waals surface area contributed by atoms with Crippen LogP contribution in [-0.2, 0) is 9.59 Å². The molecular weight excluding hydrogens is 266 g/mol. The summed E-state index contributed by atoms with van der Waals surface area (Å²) in [5.41, 5.74) is 0.440. The van der Waals surface area contributed by atoms with Crippen molar-refractivity contribution < 1.29 is 14.7 Å². The topological polar surface area (TPSA) is 57.6 Å². The zero-order valence-corrected chi connectivity index (χ0v) is 11.0. The molecule has 0 radical (unpaired) electrons. The van der Waals surface area contributed by atoms with Crippen LogP contribution in [-0.4, -0.2) is 28.4 Å². The molecule has 1 heterocycles. The van der Waals surface area contributed by atoms with E-state index in [-0.39, 0.29) is 11.8 Å². The van der Waals surface area contributed by atoms with E-state index in [1.54, 1.807) is 30.3 Å². The lowest BCUT2D eigenvalue weighted by Gasteiger charge is -2.25.